The van der Waals surface area contributed by atoms with Gasteiger partial charge in [0.05, 0.1) is 5.69 Å². The molecule has 0 aromatic carbocycles. The summed E-state index contributed by atoms with van der Waals surface area (Å²) in [6, 6.07) is 0.314. The van der Waals surface area contributed by atoms with Crippen LogP contribution in [0, 0.1) is 19.8 Å². The van der Waals surface area contributed by atoms with E-state index in [9.17, 15) is 4.79 Å². The van der Waals surface area contributed by atoms with Crippen LogP contribution in [-0.2, 0) is 4.79 Å². The van der Waals surface area contributed by atoms with Gasteiger partial charge in [-0.05, 0) is 33.1 Å². The highest BCUT2D eigenvalue weighted by Crippen LogP contribution is 2.20. The summed E-state index contributed by atoms with van der Waals surface area (Å²) in [6.45, 7) is 3.69. The zero-order chi connectivity index (χ0) is 11.5. The van der Waals surface area contributed by atoms with Crippen LogP contribution in [0.2, 0.25) is 0 Å². The van der Waals surface area contributed by atoms with Gasteiger partial charge in [0.2, 0.25) is 5.91 Å². The van der Waals surface area contributed by atoms with E-state index in [1.807, 2.05) is 13.8 Å². The Balaban J connectivity index is 1.99. The maximum atomic E-state index is 11.8. The monoisotopic (exact) mass is 220 g/mol. The molecule has 1 unspecified atom stereocenters. The minimum atomic E-state index is 0.00519. The van der Waals surface area contributed by atoms with Crippen molar-refractivity contribution in [2.24, 2.45) is 5.92 Å². The van der Waals surface area contributed by atoms with Crippen LogP contribution < -0.4 is 5.32 Å². The first-order valence-electron chi connectivity index (χ1n) is 5.56. The van der Waals surface area contributed by atoms with E-state index in [0.29, 0.717) is 6.01 Å². The van der Waals surface area contributed by atoms with Crippen molar-refractivity contribution < 1.29 is 9.21 Å². The van der Waals surface area contributed by atoms with Crippen LogP contribution in [0.4, 0.5) is 6.01 Å². The van der Waals surface area contributed by atoms with Gasteiger partial charge in [-0.2, -0.15) is 4.98 Å². The smallest absolute Gasteiger partial charge is 0.301 e. The second-order valence-electron chi connectivity index (χ2n) is 4.13. The summed E-state index contributed by atoms with van der Waals surface area (Å²) >= 11 is 0. The van der Waals surface area contributed by atoms with Crippen molar-refractivity contribution in [2.45, 2.75) is 33.1 Å². The van der Waals surface area contributed by atoms with Crippen molar-refractivity contribution in [2.75, 3.05) is 5.32 Å². The number of aryl methyl sites for hydroxylation is 2. The number of carbonyl (C=O) groups excluding carboxylic acids is 1. The topological polar surface area (TPSA) is 55.1 Å². The third-order valence-corrected chi connectivity index (χ3v) is 2.90. The lowest BCUT2D eigenvalue weighted by Crippen LogP contribution is -2.23. The molecule has 0 saturated heterocycles. The lowest BCUT2D eigenvalue weighted by atomic mass is 9.94. The zero-order valence-corrected chi connectivity index (χ0v) is 9.62. The van der Waals surface area contributed by atoms with Crippen molar-refractivity contribution in [3.63, 3.8) is 0 Å². The van der Waals surface area contributed by atoms with E-state index in [-0.39, 0.29) is 11.8 Å². The summed E-state index contributed by atoms with van der Waals surface area (Å²) in [6.07, 6.45) is 6.86. The summed E-state index contributed by atoms with van der Waals surface area (Å²) in [5.41, 5.74) is 0.818. The van der Waals surface area contributed by atoms with Gasteiger partial charge in [-0.1, -0.05) is 12.2 Å². The Kier molecular flexibility index (Phi) is 3.08. The Morgan fingerprint density at radius 2 is 2.31 bits per heavy atom. The SMILES string of the molecule is Cc1nc(NC(=O)C2CC=CCC2)oc1C. The lowest BCUT2D eigenvalue weighted by Gasteiger charge is -2.15. The highest BCUT2D eigenvalue weighted by atomic mass is 16.4. The minimum absolute atomic E-state index is 0.00519. The Morgan fingerprint density at radius 1 is 1.50 bits per heavy atom. The highest BCUT2D eigenvalue weighted by Gasteiger charge is 2.20. The summed E-state index contributed by atoms with van der Waals surface area (Å²) in [4.78, 5) is 16.0. The number of nitrogens with one attached hydrogen (secondary N) is 1. The van der Waals surface area contributed by atoms with Crippen LogP contribution in [0.25, 0.3) is 0 Å². The molecular weight excluding hydrogens is 204 g/mol. The average molecular weight is 220 g/mol. The van der Waals surface area contributed by atoms with Crippen LogP contribution in [0.1, 0.15) is 30.7 Å². The molecule has 1 atom stereocenters. The molecule has 1 aromatic heterocycles. The molecule has 1 aliphatic carbocycles. The van der Waals surface area contributed by atoms with E-state index < -0.39 is 0 Å². The first-order valence-corrected chi connectivity index (χ1v) is 5.56. The van der Waals surface area contributed by atoms with Gasteiger partial charge in [0.1, 0.15) is 5.76 Å². The Hall–Kier alpha value is -1.58. The van der Waals surface area contributed by atoms with Crippen LogP contribution >= 0.6 is 0 Å². The largest absolute Gasteiger partial charge is 0.428 e. The Morgan fingerprint density at radius 3 is 2.88 bits per heavy atom. The van der Waals surface area contributed by atoms with Crippen molar-refractivity contribution in [1.82, 2.24) is 4.98 Å². The number of hydrogen-bond donors (Lipinski definition) is 1. The van der Waals surface area contributed by atoms with Gasteiger partial charge >= 0.3 is 6.01 Å². The third kappa shape index (κ3) is 2.32. The molecule has 2 rings (SSSR count). The zero-order valence-electron chi connectivity index (χ0n) is 9.62. The number of allylic oxidation sites excluding steroid dienone is 2. The van der Waals surface area contributed by atoms with Gasteiger partial charge in [-0.25, -0.2) is 0 Å². The number of rotatable bonds is 2. The highest BCUT2D eigenvalue weighted by molar-refractivity contribution is 5.90. The number of hydrogen-bond acceptors (Lipinski definition) is 3. The summed E-state index contributed by atoms with van der Waals surface area (Å²) in [7, 11) is 0. The van der Waals surface area contributed by atoms with Gasteiger partial charge in [0, 0.05) is 5.92 Å². The fraction of sp³-hybridized carbons (Fsp3) is 0.500. The van der Waals surface area contributed by atoms with Gasteiger partial charge in [0.15, 0.2) is 0 Å². The van der Waals surface area contributed by atoms with E-state index in [0.717, 1.165) is 30.7 Å². The molecule has 0 bridgehead atoms. The van der Waals surface area contributed by atoms with Crippen LogP contribution in [0.5, 0.6) is 0 Å². The molecule has 1 heterocycles. The molecule has 0 fully saturated rings. The fourth-order valence-electron chi connectivity index (χ4n) is 1.77. The first kappa shape index (κ1) is 10.9. The molecule has 1 aliphatic rings. The predicted molar refractivity (Wildman–Crippen MR) is 61.1 cm³/mol. The Bertz CT molecular complexity index is 401. The van der Waals surface area contributed by atoms with E-state index in [1.54, 1.807) is 0 Å². The van der Waals surface area contributed by atoms with Gasteiger partial charge in [0.25, 0.3) is 0 Å². The number of anilines is 1. The molecule has 1 N–H and O–H groups in total. The molecule has 0 aliphatic heterocycles. The molecule has 16 heavy (non-hydrogen) atoms. The third-order valence-electron chi connectivity index (χ3n) is 2.90. The second kappa shape index (κ2) is 4.51. The van der Waals surface area contributed by atoms with E-state index in [2.05, 4.69) is 22.5 Å². The number of amides is 1. The van der Waals surface area contributed by atoms with Crippen LogP contribution in [0.3, 0.4) is 0 Å². The van der Waals surface area contributed by atoms with Gasteiger partial charge in [-0.3, -0.25) is 10.1 Å². The fourth-order valence-corrected chi connectivity index (χ4v) is 1.77. The van der Waals surface area contributed by atoms with Crippen molar-refractivity contribution in [1.29, 1.82) is 0 Å². The van der Waals surface area contributed by atoms with Crippen molar-refractivity contribution >= 4 is 11.9 Å². The number of oxazole rings is 1. The minimum Gasteiger partial charge on any atom is -0.428 e. The maximum Gasteiger partial charge on any atom is 0.301 e. The quantitative estimate of drug-likeness (QED) is 0.779. The molecule has 0 spiro atoms. The van der Waals surface area contributed by atoms with Crippen LogP contribution in [0.15, 0.2) is 16.6 Å². The maximum absolute atomic E-state index is 11.8. The summed E-state index contributed by atoms with van der Waals surface area (Å²) < 4.78 is 5.31. The predicted octanol–water partition coefficient (Wildman–Crippen LogP) is 2.59. The van der Waals surface area contributed by atoms with Crippen LogP contribution in [-0.4, -0.2) is 10.9 Å². The Labute approximate surface area is 94.7 Å². The number of aromatic nitrogens is 1. The first-order chi connectivity index (χ1) is 7.66. The molecule has 0 radical (unpaired) electrons. The number of nitrogens with zero attached hydrogens (tertiary/aromatic N) is 1. The van der Waals surface area contributed by atoms with E-state index in [1.165, 1.54) is 0 Å². The molecule has 1 aromatic rings. The van der Waals surface area contributed by atoms with E-state index in [4.69, 9.17) is 4.42 Å². The summed E-state index contributed by atoms with van der Waals surface area (Å²) in [5.74, 6) is 0.807. The van der Waals surface area contributed by atoms with Crippen molar-refractivity contribution in [3.05, 3.63) is 23.6 Å². The number of carbonyl (C=O) groups is 1. The summed E-state index contributed by atoms with van der Waals surface area (Å²) in [5, 5.41) is 2.72. The van der Waals surface area contributed by atoms with E-state index >= 15 is 0 Å². The molecule has 0 saturated carbocycles. The normalized spacial score (nSPS) is 19.8. The molecule has 1 amide bonds. The lowest BCUT2D eigenvalue weighted by molar-refractivity contribution is -0.120. The average Bonchev–Trinajstić information content (AvgIpc) is 2.59. The van der Waals surface area contributed by atoms with Gasteiger partial charge < -0.3 is 4.42 Å². The molecule has 86 valence electrons. The van der Waals surface area contributed by atoms with Crippen molar-refractivity contribution in [3.8, 4) is 0 Å². The molecular formula is C12H16N2O2. The molecule has 4 heteroatoms. The second-order valence-corrected chi connectivity index (χ2v) is 4.13. The van der Waals surface area contributed by atoms with Gasteiger partial charge in [-0.15, -0.1) is 0 Å². The molecule has 4 nitrogen and oxygen atoms in total. The standard InChI is InChI=1S/C12H16N2O2/c1-8-9(2)16-12(13-8)14-11(15)10-6-4-3-5-7-10/h3-4,10H,5-7H2,1-2H3,(H,13,14,15).